The highest BCUT2D eigenvalue weighted by Crippen LogP contribution is 2.36. The van der Waals surface area contributed by atoms with E-state index < -0.39 is 0 Å². The van der Waals surface area contributed by atoms with Gasteiger partial charge in [-0.2, -0.15) is 5.10 Å². The van der Waals surface area contributed by atoms with Gasteiger partial charge in [0.1, 0.15) is 0 Å². The molecule has 3 heterocycles. The highest BCUT2D eigenvalue weighted by Gasteiger charge is 2.33. The zero-order valence-corrected chi connectivity index (χ0v) is 15.6. The Balaban J connectivity index is 1.63. The van der Waals surface area contributed by atoms with Crippen LogP contribution in [-0.4, -0.2) is 32.1 Å². The van der Waals surface area contributed by atoms with Crippen molar-refractivity contribution in [3.8, 4) is 0 Å². The topological polar surface area (TPSA) is 51.0 Å². The molecule has 0 saturated carbocycles. The van der Waals surface area contributed by atoms with E-state index in [1.165, 1.54) is 5.56 Å². The average molecular weight is 348 g/mol. The Morgan fingerprint density at radius 3 is 2.81 bits per heavy atom. The molecule has 0 bridgehead atoms. The fourth-order valence-corrected chi connectivity index (χ4v) is 4.21. The summed E-state index contributed by atoms with van der Waals surface area (Å²) in [6.07, 6.45) is 4.23. The van der Waals surface area contributed by atoms with Crippen LogP contribution in [0.2, 0.25) is 0 Å². The number of hydrogen-bond donors (Lipinski definition) is 0. The Morgan fingerprint density at radius 1 is 1.23 bits per heavy atom. The van der Waals surface area contributed by atoms with Crippen molar-refractivity contribution in [1.29, 1.82) is 0 Å². The molecule has 1 fully saturated rings. The molecule has 1 aliphatic rings. The van der Waals surface area contributed by atoms with Crippen molar-refractivity contribution in [1.82, 2.24) is 19.7 Å². The third-order valence-corrected chi connectivity index (χ3v) is 5.53. The van der Waals surface area contributed by atoms with E-state index in [2.05, 4.69) is 17.0 Å². The number of aromatic nitrogens is 3. The summed E-state index contributed by atoms with van der Waals surface area (Å²) in [4.78, 5) is 19.7. The Morgan fingerprint density at radius 2 is 2.04 bits per heavy atom. The highest BCUT2D eigenvalue weighted by atomic mass is 16.2. The second-order valence-corrected chi connectivity index (χ2v) is 7.12. The van der Waals surface area contributed by atoms with Gasteiger partial charge < -0.3 is 4.90 Å². The number of amides is 1. The first-order valence-electron chi connectivity index (χ1n) is 9.18. The molecule has 3 aromatic rings. The lowest BCUT2D eigenvalue weighted by atomic mass is 10.0. The minimum absolute atomic E-state index is 0.138. The molecule has 0 N–H and O–H groups in total. The quantitative estimate of drug-likeness (QED) is 0.728. The van der Waals surface area contributed by atoms with Crippen LogP contribution in [0.4, 0.5) is 0 Å². The van der Waals surface area contributed by atoms with Crippen LogP contribution in [0.25, 0.3) is 10.9 Å². The number of rotatable bonds is 3. The zero-order chi connectivity index (χ0) is 18.3. The summed E-state index contributed by atoms with van der Waals surface area (Å²) in [5, 5.41) is 5.62. The number of hydrogen-bond acceptors (Lipinski definition) is 3. The minimum Gasteiger partial charge on any atom is -0.335 e. The first-order valence-corrected chi connectivity index (χ1v) is 9.18. The number of aryl methyl sites for hydroxylation is 2. The SMILES string of the molecule is Cc1nn(C)c(C)c1C1CCCN1C(=O)Cc1cccc2cccnc12. The van der Waals surface area contributed by atoms with Crippen molar-refractivity contribution in [2.75, 3.05) is 6.54 Å². The molecule has 5 nitrogen and oxygen atoms in total. The van der Waals surface area contributed by atoms with Crippen LogP contribution in [0.3, 0.4) is 0 Å². The minimum atomic E-state index is 0.138. The van der Waals surface area contributed by atoms with E-state index in [9.17, 15) is 4.79 Å². The maximum atomic E-state index is 13.1. The lowest BCUT2D eigenvalue weighted by molar-refractivity contribution is -0.131. The van der Waals surface area contributed by atoms with Gasteiger partial charge in [0.05, 0.1) is 23.7 Å². The summed E-state index contributed by atoms with van der Waals surface area (Å²) in [6, 6.07) is 10.2. The van der Waals surface area contributed by atoms with Gasteiger partial charge in [0, 0.05) is 36.4 Å². The molecule has 1 amide bonds. The van der Waals surface area contributed by atoms with Crippen molar-refractivity contribution < 1.29 is 4.79 Å². The van der Waals surface area contributed by atoms with Gasteiger partial charge in [-0.15, -0.1) is 0 Å². The number of nitrogens with zero attached hydrogens (tertiary/aromatic N) is 4. The zero-order valence-electron chi connectivity index (χ0n) is 15.6. The predicted molar refractivity (Wildman–Crippen MR) is 102 cm³/mol. The van der Waals surface area contributed by atoms with E-state index in [0.29, 0.717) is 6.42 Å². The molecule has 0 radical (unpaired) electrons. The smallest absolute Gasteiger partial charge is 0.227 e. The van der Waals surface area contributed by atoms with Gasteiger partial charge >= 0.3 is 0 Å². The number of carbonyl (C=O) groups excluding carboxylic acids is 1. The molecule has 1 unspecified atom stereocenters. The number of carbonyl (C=O) groups is 1. The summed E-state index contributed by atoms with van der Waals surface area (Å²) in [5.74, 6) is 0.174. The fraction of sp³-hybridized carbons (Fsp3) is 0.381. The van der Waals surface area contributed by atoms with Crippen LogP contribution in [0.5, 0.6) is 0 Å². The summed E-state index contributed by atoms with van der Waals surface area (Å²) < 4.78 is 1.92. The number of benzene rings is 1. The van der Waals surface area contributed by atoms with Gasteiger partial charge in [0.2, 0.25) is 5.91 Å². The highest BCUT2D eigenvalue weighted by molar-refractivity contribution is 5.87. The van der Waals surface area contributed by atoms with E-state index in [1.54, 1.807) is 6.20 Å². The van der Waals surface area contributed by atoms with Crippen LogP contribution in [0, 0.1) is 13.8 Å². The number of para-hydroxylation sites is 1. The van der Waals surface area contributed by atoms with Crippen molar-refractivity contribution in [2.24, 2.45) is 7.05 Å². The fourth-order valence-electron chi connectivity index (χ4n) is 4.21. The third kappa shape index (κ3) is 2.77. The molecule has 0 aliphatic carbocycles. The van der Waals surface area contributed by atoms with Crippen molar-refractivity contribution in [3.63, 3.8) is 0 Å². The molecule has 1 saturated heterocycles. The Kier molecular flexibility index (Phi) is 4.23. The molecular formula is C21H24N4O. The molecule has 1 atom stereocenters. The first-order chi connectivity index (χ1) is 12.6. The second kappa shape index (κ2) is 6.56. The van der Waals surface area contributed by atoms with Gasteiger partial charge in [0.15, 0.2) is 0 Å². The standard InChI is InChI=1S/C21H24N4O/c1-14-20(15(2)24(3)23-14)18-10-6-12-25(18)19(26)13-17-8-4-7-16-9-5-11-22-21(16)17/h4-5,7-9,11,18H,6,10,12-13H2,1-3H3. The lowest BCUT2D eigenvalue weighted by Gasteiger charge is -2.25. The number of pyridine rings is 1. The van der Waals surface area contributed by atoms with Crippen molar-refractivity contribution in [2.45, 2.75) is 39.2 Å². The maximum Gasteiger partial charge on any atom is 0.227 e. The van der Waals surface area contributed by atoms with Gasteiger partial charge in [-0.3, -0.25) is 14.5 Å². The summed E-state index contributed by atoms with van der Waals surface area (Å²) >= 11 is 0. The molecular weight excluding hydrogens is 324 g/mol. The van der Waals surface area contributed by atoms with Crippen LogP contribution in [0.1, 0.15) is 41.4 Å². The second-order valence-electron chi connectivity index (χ2n) is 7.12. The molecule has 134 valence electrons. The van der Waals surface area contributed by atoms with Crippen LogP contribution < -0.4 is 0 Å². The molecule has 0 spiro atoms. The Bertz CT molecular complexity index is 970. The van der Waals surface area contributed by atoms with E-state index >= 15 is 0 Å². The monoisotopic (exact) mass is 348 g/mol. The van der Waals surface area contributed by atoms with E-state index in [4.69, 9.17) is 0 Å². The van der Waals surface area contributed by atoms with E-state index in [-0.39, 0.29) is 11.9 Å². The number of likely N-dealkylation sites (tertiary alicyclic amines) is 1. The van der Waals surface area contributed by atoms with Crippen LogP contribution in [-0.2, 0) is 18.3 Å². The van der Waals surface area contributed by atoms with Gasteiger partial charge in [-0.1, -0.05) is 24.3 Å². The average Bonchev–Trinajstić information content (AvgIpc) is 3.20. The summed E-state index contributed by atoms with van der Waals surface area (Å²) in [7, 11) is 1.97. The van der Waals surface area contributed by atoms with Gasteiger partial charge in [0.25, 0.3) is 0 Å². The molecule has 4 rings (SSSR count). The molecule has 1 aliphatic heterocycles. The summed E-state index contributed by atoms with van der Waals surface area (Å²) in [6.45, 7) is 4.94. The van der Waals surface area contributed by atoms with Crippen LogP contribution >= 0.6 is 0 Å². The van der Waals surface area contributed by atoms with E-state index in [1.807, 2.05) is 53.9 Å². The third-order valence-electron chi connectivity index (χ3n) is 5.53. The van der Waals surface area contributed by atoms with Crippen LogP contribution in [0.15, 0.2) is 36.5 Å². The molecule has 2 aromatic heterocycles. The normalized spacial score (nSPS) is 17.2. The van der Waals surface area contributed by atoms with Crippen molar-refractivity contribution >= 4 is 16.8 Å². The van der Waals surface area contributed by atoms with E-state index in [0.717, 1.165) is 47.2 Å². The predicted octanol–water partition coefficient (Wildman–Crippen LogP) is 3.49. The first kappa shape index (κ1) is 16.8. The Hall–Kier alpha value is -2.69. The molecule has 26 heavy (non-hydrogen) atoms. The Labute approximate surface area is 153 Å². The maximum absolute atomic E-state index is 13.1. The van der Waals surface area contributed by atoms with Crippen molar-refractivity contribution in [3.05, 3.63) is 59.0 Å². The lowest BCUT2D eigenvalue weighted by Crippen LogP contribution is -2.32. The largest absolute Gasteiger partial charge is 0.335 e. The molecule has 1 aromatic carbocycles. The summed E-state index contributed by atoms with van der Waals surface area (Å²) in [5.41, 5.74) is 5.32. The molecule has 5 heteroatoms. The van der Waals surface area contributed by atoms with Gasteiger partial charge in [-0.25, -0.2) is 0 Å². The van der Waals surface area contributed by atoms with Gasteiger partial charge in [-0.05, 0) is 38.3 Å². The number of fused-ring (bicyclic) bond motifs is 1.